The Morgan fingerprint density at radius 3 is 2.57 bits per heavy atom. The van der Waals surface area contributed by atoms with E-state index in [1.54, 1.807) is 0 Å². The molecule has 1 aromatic rings. The van der Waals surface area contributed by atoms with Gasteiger partial charge in [0.15, 0.2) is 0 Å². The van der Waals surface area contributed by atoms with Gasteiger partial charge in [0.2, 0.25) is 0 Å². The summed E-state index contributed by atoms with van der Waals surface area (Å²) in [7, 11) is 1.90. The maximum atomic E-state index is 5.70. The predicted octanol–water partition coefficient (Wildman–Crippen LogP) is 4.36. The van der Waals surface area contributed by atoms with Crippen LogP contribution < -0.4 is 10.1 Å². The van der Waals surface area contributed by atoms with Crippen molar-refractivity contribution in [2.75, 3.05) is 45.4 Å². The van der Waals surface area contributed by atoms with Gasteiger partial charge in [0.1, 0.15) is 12.4 Å². The molecule has 1 aromatic carbocycles. The van der Waals surface area contributed by atoms with Gasteiger partial charge in [0.05, 0.1) is 19.8 Å². The molecule has 4 nitrogen and oxygen atoms in total. The van der Waals surface area contributed by atoms with Crippen LogP contribution in [0.2, 0.25) is 0 Å². The van der Waals surface area contributed by atoms with Crippen LogP contribution in [0.1, 0.15) is 39.5 Å². The number of anilines is 1. The SMILES string of the molecule is CCCCC(CC)COCCOCCOc1cccc(NC)c1. The molecule has 0 radical (unpaired) electrons. The highest BCUT2D eigenvalue weighted by atomic mass is 16.5. The number of ether oxygens (including phenoxy) is 3. The zero-order valence-corrected chi connectivity index (χ0v) is 15.0. The lowest BCUT2D eigenvalue weighted by Crippen LogP contribution is -2.14. The van der Waals surface area contributed by atoms with Gasteiger partial charge in [-0.1, -0.05) is 39.2 Å². The predicted molar refractivity (Wildman–Crippen MR) is 96.4 cm³/mol. The first kappa shape index (κ1) is 19.8. The highest BCUT2D eigenvalue weighted by molar-refractivity contribution is 5.47. The first-order valence-corrected chi connectivity index (χ1v) is 8.86. The number of hydrogen-bond donors (Lipinski definition) is 1. The highest BCUT2D eigenvalue weighted by Gasteiger charge is 2.05. The van der Waals surface area contributed by atoms with Crippen molar-refractivity contribution in [2.45, 2.75) is 39.5 Å². The van der Waals surface area contributed by atoms with E-state index in [9.17, 15) is 0 Å². The Morgan fingerprint density at radius 2 is 1.83 bits per heavy atom. The molecule has 0 aromatic heterocycles. The summed E-state index contributed by atoms with van der Waals surface area (Å²) in [6, 6.07) is 7.90. The van der Waals surface area contributed by atoms with Crippen molar-refractivity contribution in [1.29, 1.82) is 0 Å². The summed E-state index contributed by atoms with van der Waals surface area (Å²) in [5.41, 5.74) is 1.05. The van der Waals surface area contributed by atoms with Gasteiger partial charge in [-0.15, -0.1) is 0 Å². The van der Waals surface area contributed by atoms with Gasteiger partial charge in [-0.2, -0.15) is 0 Å². The third-order valence-electron chi connectivity index (χ3n) is 3.89. The minimum absolute atomic E-state index is 0.557. The highest BCUT2D eigenvalue weighted by Crippen LogP contribution is 2.16. The number of benzene rings is 1. The lowest BCUT2D eigenvalue weighted by molar-refractivity contribution is 0.0229. The molecular formula is C19H33NO3. The maximum absolute atomic E-state index is 5.70. The second-order valence-corrected chi connectivity index (χ2v) is 5.73. The second-order valence-electron chi connectivity index (χ2n) is 5.73. The molecule has 1 atom stereocenters. The Labute approximate surface area is 141 Å². The normalized spacial score (nSPS) is 12.1. The molecule has 0 heterocycles. The maximum Gasteiger partial charge on any atom is 0.121 e. The van der Waals surface area contributed by atoms with Gasteiger partial charge >= 0.3 is 0 Å². The molecule has 0 saturated carbocycles. The number of unbranched alkanes of at least 4 members (excludes halogenated alkanes) is 1. The number of rotatable bonds is 14. The van der Waals surface area contributed by atoms with Crippen molar-refractivity contribution >= 4 is 5.69 Å². The largest absolute Gasteiger partial charge is 0.491 e. The third-order valence-corrected chi connectivity index (χ3v) is 3.89. The van der Waals surface area contributed by atoms with Crippen LogP contribution in [0, 0.1) is 5.92 Å². The zero-order chi connectivity index (χ0) is 16.8. The van der Waals surface area contributed by atoms with E-state index in [0.29, 0.717) is 32.3 Å². The molecule has 1 rings (SSSR count). The first-order chi connectivity index (χ1) is 11.3. The molecule has 0 fully saturated rings. The standard InChI is InChI=1S/C19H33NO3/c1-4-6-8-17(5-2)16-22-12-11-21-13-14-23-19-10-7-9-18(15-19)20-3/h7,9-10,15,17,20H,4-6,8,11-14,16H2,1-3H3. The van der Waals surface area contributed by atoms with Crippen LogP contribution in [0.15, 0.2) is 24.3 Å². The van der Waals surface area contributed by atoms with Crippen molar-refractivity contribution in [3.05, 3.63) is 24.3 Å². The molecule has 23 heavy (non-hydrogen) atoms. The molecule has 0 aliphatic carbocycles. The van der Waals surface area contributed by atoms with E-state index in [2.05, 4.69) is 19.2 Å². The van der Waals surface area contributed by atoms with Crippen LogP contribution in [0.5, 0.6) is 5.75 Å². The van der Waals surface area contributed by atoms with Crippen LogP contribution in [-0.4, -0.2) is 40.1 Å². The third kappa shape index (κ3) is 9.47. The summed E-state index contributed by atoms with van der Waals surface area (Å²) >= 11 is 0. The van der Waals surface area contributed by atoms with Gasteiger partial charge in [0.25, 0.3) is 0 Å². The summed E-state index contributed by atoms with van der Waals surface area (Å²) in [5, 5.41) is 3.09. The average molecular weight is 323 g/mol. The molecule has 1 N–H and O–H groups in total. The van der Waals surface area contributed by atoms with Gasteiger partial charge in [0, 0.05) is 25.4 Å². The van der Waals surface area contributed by atoms with Crippen molar-refractivity contribution < 1.29 is 14.2 Å². The Kier molecular flexibility index (Phi) is 11.4. The van der Waals surface area contributed by atoms with Crippen LogP contribution >= 0.6 is 0 Å². The lowest BCUT2D eigenvalue weighted by Gasteiger charge is -2.14. The molecule has 0 amide bonds. The van der Waals surface area contributed by atoms with Gasteiger partial charge in [-0.05, 0) is 24.5 Å². The van der Waals surface area contributed by atoms with E-state index in [4.69, 9.17) is 14.2 Å². The number of hydrogen-bond acceptors (Lipinski definition) is 4. The second kappa shape index (κ2) is 13.2. The molecule has 4 heteroatoms. The summed E-state index contributed by atoms with van der Waals surface area (Å²) in [4.78, 5) is 0. The first-order valence-electron chi connectivity index (χ1n) is 8.86. The monoisotopic (exact) mass is 323 g/mol. The van der Waals surface area contributed by atoms with Crippen molar-refractivity contribution in [3.8, 4) is 5.75 Å². The van der Waals surface area contributed by atoms with E-state index in [1.807, 2.05) is 31.3 Å². The van der Waals surface area contributed by atoms with Gasteiger partial charge in [-0.3, -0.25) is 0 Å². The van der Waals surface area contributed by atoms with Gasteiger partial charge < -0.3 is 19.5 Å². The van der Waals surface area contributed by atoms with E-state index in [-0.39, 0.29) is 0 Å². The fourth-order valence-corrected chi connectivity index (χ4v) is 2.33. The molecule has 0 aliphatic heterocycles. The Hall–Kier alpha value is -1.26. The Morgan fingerprint density at radius 1 is 1.04 bits per heavy atom. The fraction of sp³-hybridized carbons (Fsp3) is 0.684. The topological polar surface area (TPSA) is 39.7 Å². The van der Waals surface area contributed by atoms with Crippen molar-refractivity contribution in [3.63, 3.8) is 0 Å². The fourth-order valence-electron chi connectivity index (χ4n) is 2.33. The Balaban J connectivity index is 1.98. The lowest BCUT2D eigenvalue weighted by atomic mass is 10.0. The Bertz CT molecular complexity index is 398. The van der Waals surface area contributed by atoms with Crippen molar-refractivity contribution in [2.24, 2.45) is 5.92 Å². The van der Waals surface area contributed by atoms with Crippen molar-refractivity contribution in [1.82, 2.24) is 0 Å². The molecule has 1 unspecified atom stereocenters. The zero-order valence-electron chi connectivity index (χ0n) is 15.0. The molecule has 132 valence electrons. The molecule has 0 spiro atoms. The van der Waals surface area contributed by atoms with E-state index < -0.39 is 0 Å². The quantitative estimate of drug-likeness (QED) is 0.517. The molecule has 0 bridgehead atoms. The minimum Gasteiger partial charge on any atom is -0.491 e. The number of nitrogens with one attached hydrogen (secondary N) is 1. The van der Waals surface area contributed by atoms with E-state index >= 15 is 0 Å². The van der Waals surface area contributed by atoms with Crippen LogP contribution in [-0.2, 0) is 9.47 Å². The summed E-state index contributed by atoms with van der Waals surface area (Å²) in [5.74, 6) is 1.55. The summed E-state index contributed by atoms with van der Waals surface area (Å²) in [6.07, 6.45) is 5.02. The smallest absolute Gasteiger partial charge is 0.121 e. The molecule has 0 saturated heterocycles. The minimum atomic E-state index is 0.557. The molecule has 0 aliphatic rings. The van der Waals surface area contributed by atoms with Gasteiger partial charge in [-0.25, -0.2) is 0 Å². The van der Waals surface area contributed by atoms with Crippen LogP contribution in [0.4, 0.5) is 5.69 Å². The summed E-state index contributed by atoms with van der Waals surface area (Å²) in [6.45, 7) is 7.76. The molecular weight excluding hydrogens is 290 g/mol. The summed E-state index contributed by atoms with van der Waals surface area (Å²) < 4.78 is 16.9. The van der Waals surface area contributed by atoms with E-state index in [1.165, 1.54) is 25.7 Å². The van der Waals surface area contributed by atoms with Crippen LogP contribution in [0.3, 0.4) is 0 Å². The van der Waals surface area contributed by atoms with E-state index in [0.717, 1.165) is 18.0 Å². The van der Waals surface area contributed by atoms with Crippen LogP contribution in [0.25, 0.3) is 0 Å². The average Bonchev–Trinajstić information content (AvgIpc) is 2.60.